The van der Waals surface area contributed by atoms with Crippen molar-refractivity contribution in [3.8, 4) is 0 Å². The summed E-state index contributed by atoms with van der Waals surface area (Å²) in [6.45, 7) is 5.16. The fraction of sp³-hybridized carbons (Fsp3) is 0.115. The molecule has 0 fully saturated rings. The number of carbonyl (C=O) groups excluding carboxylic acids is 3. The zero-order valence-electron chi connectivity index (χ0n) is 18.2. The topological polar surface area (TPSA) is 87.3 Å². The van der Waals surface area contributed by atoms with Gasteiger partial charge in [-0.3, -0.25) is 14.4 Å². The van der Waals surface area contributed by atoms with Gasteiger partial charge in [0.05, 0.1) is 0 Å². The van der Waals surface area contributed by atoms with Crippen LogP contribution in [0.5, 0.6) is 0 Å². The summed E-state index contributed by atoms with van der Waals surface area (Å²) in [5.74, 6) is -0.983. The van der Waals surface area contributed by atoms with Crippen LogP contribution in [-0.2, 0) is 9.59 Å². The molecule has 6 heteroatoms. The number of rotatable bonds is 6. The predicted octanol–water partition coefficient (Wildman–Crippen LogP) is 4.67. The van der Waals surface area contributed by atoms with Gasteiger partial charge in [0.2, 0.25) is 5.91 Å². The van der Waals surface area contributed by atoms with Crippen LogP contribution in [0.4, 0.5) is 11.4 Å². The summed E-state index contributed by atoms with van der Waals surface area (Å²) in [7, 11) is 0. The Morgan fingerprint density at radius 1 is 0.719 bits per heavy atom. The molecule has 6 nitrogen and oxygen atoms in total. The van der Waals surface area contributed by atoms with Crippen molar-refractivity contribution in [2.24, 2.45) is 0 Å². The minimum absolute atomic E-state index is 0.142. The van der Waals surface area contributed by atoms with E-state index in [-0.39, 0.29) is 17.5 Å². The molecule has 0 heterocycles. The molecule has 162 valence electrons. The second-order valence-corrected chi connectivity index (χ2v) is 7.40. The van der Waals surface area contributed by atoms with Gasteiger partial charge in [-0.05, 0) is 66.9 Å². The third-order valence-corrected chi connectivity index (χ3v) is 4.83. The fourth-order valence-corrected chi connectivity index (χ4v) is 3.11. The molecule has 0 saturated heterocycles. The highest BCUT2D eigenvalue weighted by Crippen LogP contribution is 2.17. The largest absolute Gasteiger partial charge is 0.322 e. The number of amides is 3. The van der Waals surface area contributed by atoms with E-state index >= 15 is 0 Å². The lowest BCUT2D eigenvalue weighted by molar-refractivity contribution is -0.120. The van der Waals surface area contributed by atoms with Crippen molar-refractivity contribution in [3.63, 3.8) is 0 Å². The highest BCUT2D eigenvalue weighted by molar-refractivity contribution is 6.09. The molecule has 0 aliphatic rings. The number of nitrogens with one attached hydrogen (secondary N) is 3. The van der Waals surface area contributed by atoms with Crippen LogP contribution in [0.3, 0.4) is 0 Å². The molecule has 0 unspecified atom stereocenters. The number of benzene rings is 3. The standard InChI is InChI=1S/C26H25N3O3/c1-17-8-4-6-10-20(17)16-24(27-19(3)30)26(32)29-22-14-12-21(13-15-22)28-25(31)23-11-7-5-9-18(23)2/h4-16H,1-3H3,(H,27,30)(H,28,31)(H,29,32)/b24-16-. The molecule has 3 aromatic carbocycles. The van der Waals surface area contributed by atoms with Crippen LogP contribution in [0.15, 0.2) is 78.5 Å². The molecular weight excluding hydrogens is 402 g/mol. The maximum absolute atomic E-state index is 12.8. The van der Waals surface area contributed by atoms with Crippen molar-refractivity contribution < 1.29 is 14.4 Å². The molecular formula is C26H25N3O3. The zero-order valence-corrected chi connectivity index (χ0v) is 18.2. The van der Waals surface area contributed by atoms with E-state index < -0.39 is 5.91 Å². The summed E-state index contributed by atoms with van der Waals surface area (Å²) in [4.78, 5) is 36.8. The number of hydrogen-bond donors (Lipinski definition) is 3. The molecule has 3 rings (SSSR count). The monoisotopic (exact) mass is 427 g/mol. The first kappa shape index (κ1) is 22.5. The molecule has 0 radical (unpaired) electrons. The molecule has 32 heavy (non-hydrogen) atoms. The molecule has 0 atom stereocenters. The van der Waals surface area contributed by atoms with E-state index in [0.717, 1.165) is 16.7 Å². The lowest BCUT2D eigenvalue weighted by Gasteiger charge is -2.12. The summed E-state index contributed by atoms with van der Waals surface area (Å²) in [5.41, 5.74) is 4.59. The number of carbonyl (C=O) groups is 3. The normalized spacial score (nSPS) is 10.9. The third kappa shape index (κ3) is 5.92. The number of hydrogen-bond acceptors (Lipinski definition) is 3. The van der Waals surface area contributed by atoms with Crippen LogP contribution in [0.25, 0.3) is 6.08 Å². The molecule has 3 amide bonds. The van der Waals surface area contributed by atoms with Gasteiger partial charge in [0.25, 0.3) is 11.8 Å². The first-order chi connectivity index (χ1) is 15.3. The summed E-state index contributed by atoms with van der Waals surface area (Å²) in [6.07, 6.45) is 1.64. The Hall–Kier alpha value is -4.19. The molecule has 0 saturated carbocycles. The Bertz CT molecular complexity index is 1180. The van der Waals surface area contributed by atoms with Crippen molar-refractivity contribution in [2.75, 3.05) is 10.6 Å². The first-order valence-electron chi connectivity index (χ1n) is 10.2. The van der Waals surface area contributed by atoms with E-state index in [1.165, 1.54) is 6.92 Å². The van der Waals surface area contributed by atoms with Gasteiger partial charge in [-0.2, -0.15) is 0 Å². The van der Waals surface area contributed by atoms with Crippen LogP contribution in [0, 0.1) is 13.8 Å². The van der Waals surface area contributed by atoms with Crippen molar-refractivity contribution in [1.29, 1.82) is 0 Å². The first-order valence-corrected chi connectivity index (χ1v) is 10.2. The average Bonchev–Trinajstić information content (AvgIpc) is 2.76. The van der Waals surface area contributed by atoms with E-state index in [1.54, 1.807) is 36.4 Å². The van der Waals surface area contributed by atoms with Crippen LogP contribution in [-0.4, -0.2) is 17.7 Å². The molecule has 3 aromatic rings. The molecule has 0 bridgehead atoms. The van der Waals surface area contributed by atoms with Crippen LogP contribution >= 0.6 is 0 Å². The Labute approximate surface area is 187 Å². The Morgan fingerprint density at radius 3 is 1.88 bits per heavy atom. The minimum atomic E-state index is -0.444. The van der Waals surface area contributed by atoms with Crippen molar-refractivity contribution >= 4 is 35.2 Å². The second-order valence-electron chi connectivity index (χ2n) is 7.40. The maximum atomic E-state index is 12.8. The number of anilines is 2. The van der Waals surface area contributed by atoms with Gasteiger partial charge in [0.15, 0.2) is 0 Å². The van der Waals surface area contributed by atoms with E-state index in [0.29, 0.717) is 16.9 Å². The van der Waals surface area contributed by atoms with Gasteiger partial charge >= 0.3 is 0 Å². The van der Waals surface area contributed by atoms with E-state index in [9.17, 15) is 14.4 Å². The average molecular weight is 428 g/mol. The van der Waals surface area contributed by atoms with E-state index in [2.05, 4.69) is 16.0 Å². The Balaban J connectivity index is 1.72. The smallest absolute Gasteiger partial charge is 0.272 e. The lowest BCUT2D eigenvalue weighted by Crippen LogP contribution is -2.29. The Kier molecular flexibility index (Phi) is 7.18. The SMILES string of the molecule is CC(=O)N/C(=C\c1ccccc1C)C(=O)Nc1ccc(NC(=O)c2ccccc2C)cc1. The van der Waals surface area contributed by atoms with E-state index in [4.69, 9.17) is 0 Å². The molecule has 0 spiro atoms. The van der Waals surface area contributed by atoms with Crippen LogP contribution < -0.4 is 16.0 Å². The second kappa shape index (κ2) is 10.2. The van der Waals surface area contributed by atoms with E-state index in [1.807, 2.05) is 56.3 Å². The molecule has 0 aliphatic carbocycles. The quantitative estimate of drug-likeness (QED) is 0.500. The zero-order chi connectivity index (χ0) is 23.1. The molecule has 0 aliphatic heterocycles. The van der Waals surface area contributed by atoms with Gasteiger partial charge in [0.1, 0.15) is 5.70 Å². The van der Waals surface area contributed by atoms with Gasteiger partial charge in [-0.15, -0.1) is 0 Å². The van der Waals surface area contributed by atoms with Crippen molar-refractivity contribution in [1.82, 2.24) is 5.32 Å². The Morgan fingerprint density at radius 2 is 1.28 bits per heavy atom. The minimum Gasteiger partial charge on any atom is -0.322 e. The lowest BCUT2D eigenvalue weighted by atomic mass is 10.1. The van der Waals surface area contributed by atoms with Crippen LogP contribution in [0.1, 0.15) is 34.0 Å². The van der Waals surface area contributed by atoms with Crippen molar-refractivity contribution in [3.05, 3.63) is 101 Å². The number of aryl methyl sites for hydroxylation is 2. The molecule has 3 N–H and O–H groups in total. The van der Waals surface area contributed by atoms with Gasteiger partial charge in [0, 0.05) is 23.9 Å². The predicted molar refractivity (Wildman–Crippen MR) is 127 cm³/mol. The summed E-state index contributed by atoms with van der Waals surface area (Å²) < 4.78 is 0. The van der Waals surface area contributed by atoms with Crippen LogP contribution in [0.2, 0.25) is 0 Å². The van der Waals surface area contributed by atoms with Gasteiger partial charge in [-0.1, -0.05) is 42.5 Å². The summed E-state index contributed by atoms with van der Waals surface area (Å²) in [6, 6.07) is 21.7. The summed E-state index contributed by atoms with van der Waals surface area (Å²) >= 11 is 0. The molecule has 0 aromatic heterocycles. The van der Waals surface area contributed by atoms with Crippen molar-refractivity contribution in [2.45, 2.75) is 20.8 Å². The third-order valence-electron chi connectivity index (χ3n) is 4.83. The van der Waals surface area contributed by atoms with Gasteiger partial charge in [-0.25, -0.2) is 0 Å². The fourth-order valence-electron chi connectivity index (χ4n) is 3.11. The highest BCUT2D eigenvalue weighted by atomic mass is 16.2. The highest BCUT2D eigenvalue weighted by Gasteiger charge is 2.13. The summed E-state index contributed by atoms with van der Waals surface area (Å²) in [5, 5.41) is 8.21. The maximum Gasteiger partial charge on any atom is 0.272 e. The van der Waals surface area contributed by atoms with Gasteiger partial charge < -0.3 is 16.0 Å².